The van der Waals surface area contributed by atoms with E-state index in [0.717, 1.165) is 39.1 Å². The Labute approximate surface area is 133 Å². The molecule has 3 atom stereocenters. The number of nitrogens with zero attached hydrogens (tertiary/aromatic N) is 1. The molecule has 0 aromatic carbocycles. The van der Waals surface area contributed by atoms with Crippen LogP contribution < -0.4 is 5.32 Å². The van der Waals surface area contributed by atoms with Gasteiger partial charge in [-0.05, 0) is 51.2 Å². The van der Waals surface area contributed by atoms with Gasteiger partial charge in [0.1, 0.15) is 0 Å². The van der Waals surface area contributed by atoms with Crippen molar-refractivity contribution in [1.82, 2.24) is 10.2 Å². The van der Waals surface area contributed by atoms with E-state index in [0.29, 0.717) is 18.0 Å². The Bertz CT molecular complexity index is 382. The maximum absolute atomic E-state index is 5.71. The number of hydrogen-bond acceptors (Lipinski definition) is 4. The number of ether oxygens (including phenoxy) is 1. The van der Waals surface area contributed by atoms with Crippen LogP contribution in [-0.4, -0.2) is 50.3 Å². The van der Waals surface area contributed by atoms with Crippen LogP contribution in [0.1, 0.15) is 31.6 Å². The summed E-state index contributed by atoms with van der Waals surface area (Å²) in [5.74, 6) is 0.612. The van der Waals surface area contributed by atoms with Crippen molar-refractivity contribution >= 4 is 11.3 Å². The van der Waals surface area contributed by atoms with Crippen molar-refractivity contribution in [3.63, 3.8) is 0 Å². The van der Waals surface area contributed by atoms with Crippen LogP contribution in [0.2, 0.25) is 0 Å². The zero-order valence-electron chi connectivity index (χ0n) is 13.7. The van der Waals surface area contributed by atoms with Gasteiger partial charge in [-0.2, -0.15) is 0 Å². The summed E-state index contributed by atoms with van der Waals surface area (Å²) >= 11 is 1.86. The Hall–Kier alpha value is -0.420. The molecular formula is C17H30N2OS. The molecule has 1 saturated heterocycles. The van der Waals surface area contributed by atoms with Crippen molar-refractivity contribution in [1.29, 1.82) is 0 Å². The van der Waals surface area contributed by atoms with E-state index < -0.39 is 0 Å². The van der Waals surface area contributed by atoms with E-state index in [4.69, 9.17) is 4.74 Å². The standard InChI is InChI=1S/C17H30N2OS/c1-4-8-18-17-7-9-20-13-15(17)12-19(3)14(2)11-16-6-5-10-21-16/h5-6,10,14-15,17-18H,4,7-9,11-13H2,1-3H3. The van der Waals surface area contributed by atoms with E-state index in [1.54, 1.807) is 0 Å². The van der Waals surface area contributed by atoms with Crippen molar-refractivity contribution in [3.8, 4) is 0 Å². The SMILES string of the molecule is CCCNC1CCOCC1CN(C)C(C)Cc1cccs1. The van der Waals surface area contributed by atoms with E-state index >= 15 is 0 Å². The largest absolute Gasteiger partial charge is 0.381 e. The summed E-state index contributed by atoms with van der Waals surface area (Å²) in [4.78, 5) is 3.98. The molecule has 0 aliphatic carbocycles. The average Bonchev–Trinajstić information content (AvgIpc) is 2.99. The van der Waals surface area contributed by atoms with Crippen molar-refractivity contribution < 1.29 is 4.74 Å². The van der Waals surface area contributed by atoms with Gasteiger partial charge in [0, 0.05) is 36.0 Å². The quantitative estimate of drug-likeness (QED) is 0.799. The van der Waals surface area contributed by atoms with Crippen LogP contribution in [-0.2, 0) is 11.2 Å². The minimum absolute atomic E-state index is 0.581. The first-order valence-corrected chi connectivity index (χ1v) is 9.12. The number of nitrogens with one attached hydrogen (secondary N) is 1. The first-order valence-electron chi connectivity index (χ1n) is 8.24. The lowest BCUT2D eigenvalue weighted by atomic mass is 9.94. The predicted molar refractivity (Wildman–Crippen MR) is 91.1 cm³/mol. The van der Waals surface area contributed by atoms with Gasteiger partial charge in [0.2, 0.25) is 0 Å². The van der Waals surface area contributed by atoms with Gasteiger partial charge in [-0.25, -0.2) is 0 Å². The fourth-order valence-corrected chi connectivity index (χ4v) is 3.83. The highest BCUT2D eigenvalue weighted by atomic mass is 32.1. The monoisotopic (exact) mass is 310 g/mol. The molecule has 21 heavy (non-hydrogen) atoms. The topological polar surface area (TPSA) is 24.5 Å². The Balaban J connectivity index is 1.82. The lowest BCUT2D eigenvalue weighted by molar-refractivity contribution is 0.0156. The molecule has 0 spiro atoms. The molecular weight excluding hydrogens is 280 g/mol. The van der Waals surface area contributed by atoms with Crippen molar-refractivity contribution in [2.45, 2.75) is 45.2 Å². The second kappa shape index (κ2) is 8.89. The van der Waals surface area contributed by atoms with Gasteiger partial charge in [0.15, 0.2) is 0 Å². The molecule has 1 aliphatic rings. The van der Waals surface area contributed by atoms with Crippen LogP contribution in [0.25, 0.3) is 0 Å². The minimum atomic E-state index is 0.581. The Morgan fingerprint density at radius 1 is 1.52 bits per heavy atom. The molecule has 4 heteroatoms. The Kier molecular flexibility index (Phi) is 7.17. The molecule has 0 amide bonds. The minimum Gasteiger partial charge on any atom is -0.381 e. The van der Waals surface area contributed by atoms with E-state index in [2.05, 4.69) is 48.6 Å². The maximum atomic E-state index is 5.71. The molecule has 1 aromatic rings. The summed E-state index contributed by atoms with van der Waals surface area (Å²) < 4.78 is 5.71. The fraction of sp³-hybridized carbons (Fsp3) is 0.765. The van der Waals surface area contributed by atoms with Gasteiger partial charge < -0.3 is 15.0 Å². The number of hydrogen-bond donors (Lipinski definition) is 1. The van der Waals surface area contributed by atoms with E-state index in [1.165, 1.54) is 11.3 Å². The normalized spacial score (nSPS) is 24.4. The van der Waals surface area contributed by atoms with Gasteiger partial charge in [-0.15, -0.1) is 11.3 Å². The molecule has 2 heterocycles. The second-order valence-corrected chi connectivity index (χ2v) is 7.29. The zero-order chi connectivity index (χ0) is 15.1. The molecule has 3 unspecified atom stereocenters. The van der Waals surface area contributed by atoms with Gasteiger partial charge in [-0.3, -0.25) is 0 Å². The summed E-state index contributed by atoms with van der Waals surface area (Å²) in [6.45, 7) is 8.61. The summed E-state index contributed by atoms with van der Waals surface area (Å²) in [6.07, 6.45) is 3.50. The second-order valence-electron chi connectivity index (χ2n) is 6.26. The summed E-state index contributed by atoms with van der Waals surface area (Å²) in [7, 11) is 2.25. The molecule has 1 fully saturated rings. The highest BCUT2D eigenvalue weighted by molar-refractivity contribution is 7.09. The van der Waals surface area contributed by atoms with Crippen LogP contribution in [0.4, 0.5) is 0 Å². The number of rotatable bonds is 8. The molecule has 3 nitrogen and oxygen atoms in total. The van der Waals surface area contributed by atoms with Gasteiger partial charge >= 0.3 is 0 Å². The van der Waals surface area contributed by atoms with Gasteiger partial charge in [-0.1, -0.05) is 13.0 Å². The molecule has 0 bridgehead atoms. The predicted octanol–water partition coefficient (Wildman–Crippen LogP) is 3.02. The molecule has 1 aliphatic heterocycles. The first kappa shape index (κ1) is 16.9. The Morgan fingerprint density at radius 2 is 2.38 bits per heavy atom. The summed E-state index contributed by atoms with van der Waals surface area (Å²) in [5.41, 5.74) is 0. The number of thiophene rings is 1. The molecule has 120 valence electrons. The average molecular weight is 311 g/mol. The van der Waals surface area contributed by atoms with Crippen LogP contribution in [0.15, 0.2) is 17.5 Å². The zero-order valence-corrected chi connectivity index (χ0v) is 14.5. The summed E-state index contributed by atoms with van der Waals surface area (Å²) in [6, 6.07) is 5.59. The van der Waals surface area contributed by atoms with Crippen LogP contribution in [0, 0.1) is 5.92 Å². The third kappa shape index (κ3) is 5.37. The Morgan fingerprint density at radius 3 is 3.10 bits per heavy atom. The van der Waals surface area contributed by atoms with Crippen molar-refractivity contribution in [2.24, 2.45) is 5.92 Å². The van der Waals surface area contributed by atoms with Crippen LogP contribution in [0.3, 0.4) is 0 Å². The smallest absolute Gasteiger partial charge is 0.0521 e. The molecule has 2 rings (SSSR count). The highest BCUT2D eigenvalue weighted by Crippen LogP contribution is 2.19. The molecule has 1 aromatic heterocycles. The van der Waals surface area contributed by atoms with Crippen LogP contribution in [0.5, 0.6) is 0 Å². The first-order chi connectivity index (χ1) is 10.2. The van der Waals surface area contributed by atoms with E-state index in [-0.39, 0.29) is 0 Å². The van der Waals surface area contributed by atoms with Crippen molar-refractivity contribution in [2.75, 3.05) is 33.4 Å². The third-order valence-electron chi connectivity index (χ3n) is 4.48. The van der Waals surface area contributed by atoms with E-state index in [9.17, 15) is 0 Å². The van der Waals surface area contributed by atoms with Crippen molar-refractivity contribution in [3.05, 3.63) is 22.4 Å². The fourth-order valence-electron chi connectivity index (χ4n) is 3.00. The molecule has 0 saturated carbocycles. The van der Waals surface area contributed by atoms with Crippen LogP contribution >= 0.6 is 11.3 Å². The lowest BCUT2D eigenvalue weighted by Crippen LogP contribution is -2.48. The highest BCUT2D eigenvalue weighted by Gasteiger charge is 2.27. The lowest BCUT2D eigenvalue weighted by Gasteiger charge is -2.36. The third-order valence-corrected chi connectivity index (χ3v) is 5.38. The molecule has 0 radical (unpaired) electrons. The maximum Gasteiger partial charge on any atom is 0.0521 e. The molecule has 1 N–H and O–H groups in total. The number of likely N-dealkylation sites (N-methyl/N-ethyl adjacent to an activating group) is 1. The summed E-state index contributed by atoms with van der Waals surface area (Å²) in [5, 5.41) is 5.87. The van der Waals surface area contributed by atoms with E-state index in [1.807, 2.05) is 11.3 Å². The van der Waals surface area contributed by atoms with Gasteiger partial charge in [0.25, 0.3) is 0 Å². The van der Waals surface area contributed by atoms with Gasteiger partial charge in [0.05, 0.1) is 6.61 Å².